The Labute approximate surface area is 176 Å². The first-order valence-corrected chi connectivity index (χ1v) is 9.82. The van der Waals surface area contributed by atoms with E-state index >= 15 is 0 Å². The summed E-state index contributed by atoms with van der Waals surface area (Å²) in [4.78, 5) is 45.1. The molecule has 1 unspecified atom stereocenters. The number of carbonyl (C=O) groups is 4. The highest BCUT2D eigenvalue weighted by Crippen LogP contribution is 2.47. The van der Waals surface area contributed by atoms with Crippen molar-refractivity contribution in [2.75, 3.05) is 6.61 Å². The number of thioether (sulfide) groups is 1. The van der Waals surface area contributed by atoms with Crippen LogP contribution in [0.3, 0.4) is 0 Å². The molecule has 2 aliphatic heterocycles. The maximum atomic E-state index is 11.8. The Hall–Kier alpha value is -1.96. The fraction of sp³-hybridized carbons (Fsp3) is 0.688. The molecule has 2 aliphatic rings. The van der Waals surface area contributed by atoms with Gasteiger partial charge in [0.05, 0.1) is 0 Å². The average molecular weight is 450 g/mol. The Morgan fingerprint density at radius 3 is 2.03 bits per heavy atom. The summed E-state index contributed by atoms with van der Waals surface area (Å²) >= 11 is 6.35. The van der Waals surface area contributed by atoms with E-state index in [2.05, 4.69) is 5.32 Å². The van der Waals surface area contributed by atoms with Crippen LogP contribution in [0.4, 0.5) is 0 Å². The predicted molar refractivity (Wildman–Crippen MR) is 102 cm³/mol. The first-order valence-electron chi connectivity index (χ1n) is 8.53. The van der Waals surface area contributed by atoms with Crippen LogP contribution in [0.5, 0.6) is 0 Å². The molecule has 2 saturated heterocycles. The number of carbonyl (C=O) groups excluding carboxylic acids is 4. The van der Waals surface area contributed by atoms with Crippen molar-refractivity contribution in [3.63, 3.8) is 0 Å². The summed E-state index contributed by atoms with van der Waals surface area (Å²) in [5, 5.41) is 2.80. The fourth-order valence-corrected chi connectivity index (χ4v) is 4.77. The molecule has 0 aromatic rings. The van der Waals surface area contributed by atoms with E-state index in [0.29, 0.717) is 0 Å². The molecule has 3 N–H and O–H groups in total. The Balaban J connectivity index is 2.55. The van der Waals surface area contributed by atoms with Gasteiger partial charge in [0.2, 0.25) is 4.93 Å². The van der Waals surface area contributed by atoms with Crippen molar-refractivity contribution < 1.29 is 42.9 Å². The van der Waals surface area contributed by atoms with Crippen LogP contribution in [0, 0.1) is 0 Å². The molecule has 162 valence electrons. The normalized spacial score (nSPS) is 33.6. The van der Waals surface area contributed by atoms with Gasteiger partial charge in [-0.15, -0.1) is 0 Å². The van der Waals surface area contributed by atoms with Gasteiger partial charge in [-0.25, -0.2) is 0 Å². The zero-order valence-corrected chi connectivity index (χ0v) is 17.8. The molecule has 0 aromatic heterocycles. The molecule has 0 aromatic carbocycles. The lowest BCUT2D eigenvalue weighted by Gasteiger charge is -2.48. The maximum Gasteiger partial charge on any atom is 0.303 e. The summed E-state index contributed by atoms with van der Waals surface area (Å²) in [6, 6.07) is 0. The summed E-state index contributed by atoms with van der Waals surface area (Å²) in [5.74, 6) is -2.75. The second-order valence-corrected chi connectivity index (χ2v) is 8.07. The summed E-state index contributed by atoms with van der Waals surface area (Å²) < 4.78 is 27.2. The summed E-state index contributed by atoms with van der Waals surface area (Å²) in [5.41, 5.74) is 5.21. The van der Waals surface area contributed by atoms with Gasteiger partial charge in [0.25, 0.3) is 0 Å². The molecule has 2 fully saturated rings. The smallest absolute Gasteiger partial charge is 0.303 e. The highest BCUT2D eigenvalue weighted by molar-refractivity contribution is 8.03. The maximum absolute atomic E-state index is 11.8. The topological polar surface area (TPSA) is 152 Å². The molecule has 2 heterocycles. The van der Waals surface area contributed by atoms with Gasteiger partial charge in [-0.2, -0.15) is 0 Å². The van der Waals surface area contributed by atoms with Crippen molar-refractivity contribution in [1.29, 1.82) is 0 Å². The summed E-state index contributed by atoms with van der Waals surface area (Å²) in [6.45, 7) is 4.30. The van der Waals surface area contributed by atoms with E-state index in [0.717, 1.165) is 32.5 Å². The number of thiocarbonyl (C=S) groups is 1. The molecular weight excluding hydrogens is 428 g/mol. The minimum atomic E-state index is -1.55. The van der Waals surface area contributed by atoms with Crippen LogP contribution in [-0.4, -0.2) is 70.3 Å². The van der Waals surface area contributed by atoms with E-state index < -0.39 is 58.7 Å². The number of hydrogen-bond acceptors (Lipinski definition) is 12. The Bertz CT molecular complexity index is 719. The van der Waals surface area contributed by atoms with Crippen LogP contribution in [0.25, 0.3) is 0 Å². The van der Waals surface area contributed by atoms with Gasteiger partial charge < -0.3 is 34.7 Å². The molecule has 0 bridgehead atoms. The van der Waals surface area contributed by atoms with Gasteiger partial charge in [0.1, 0.15) is 23.2 Å². The van der Waals surface area contributed by atoms with Crippen LogP contribution in [0.2, 0.25) is 0 Å². The third kappa shape index (κ3) is 5.35. The van der Waals surface area contributed by atoms with E-state index in [9.17, 15) is 19.2 Å². The lowest BCUT2D eigenvalue weighted by atomic mass is 9.93. The van der Waals surface area contributed by atoms with Crippen molar-refractivity contribution >= 4 is 52.8 Å². The average Bonchev–Trinajstić information content (AvgIpc) is 2.85. The van der Waals surface area contributed by atoms with E-state index in [4.69, 9.17) is 41.6 Å². The molecule has 2 rings (SSSR count). The van der Waals surface area contributed by atoms with Gasteiger partial charge in [0, 0.05) is 27.7 Å². The standard InChI is InChI=1S/C16H22N2O9S2/c1-6(19)23-5-10-11(24-7(2)20)12(25-8(3)21)13(26-9(4)22)16(27-10)14(28)18-15(17)29-16/h10-13,15H,5,17H2,1-4H3,(H,18,28)/t10-,11+,12+,13-,15?,16-/m1/s1. The number of rotatable bonds is 5. The SMILES string of the molecule is CC(=O)OC[C@H]1O[C@@]2(SC(N)NC2=S)[C@H](OC(C)=O)[C@@H](OC(C)=O)[C@H]1OC(C)=O. The second kappa shape index (κ2) is 9.24. The highest BCUT2D eigenvalue weighted by Gasteiger charge is 2.65. The van der Waals surface area contributed by atoms with Gasteiger partial charge in [-0.05, 0) is 0 Å². The lowest BCUT2D eigenvalue weighted by molar-refractivity contribution is -0.247. The summed E-state index contributed by atoms with van der Waals surface area (Å²) in [6.07, 6.45) is -4.92. The van der Waals surface area contributed by atoms with Crippen LogP contribution in [-0.2, 0) is 42.9 Å². The molecule has 0 saturated carbocycles. The van der Waals surface area contributed by atoms with E-state index in [1.54, 1.807) is 0 Å². The van der Waals surface area contributed by atoms with Crippen LogP contribution in [0.1, 0.15) is 27.7 Å². The minimum Gasteiger partial charge on any atom is -0.463 e. The van der Waals surface area contributed by atoms with Crippen LogP contribution in [0.15, 0.2) is 0 Å². The van der Waals surface area contributed by atoms with E-state index in [1.165, 1.54) is 6.92 Å². The largest absolute Gasteiger partial charge is 0.463 e. The Morgan fingerprint density at radius 1 is 1.03 bits per heavy atom. The first-order chi connectivity index (χ1) is 13.5. The van der Waals surface area contributed by atoms with Gasteiger partial charge >= 0.3 is 23.9 Å². The van der Waals surface area contributed by atoms with Crippen molar-refractivity contribution in [2.24, 2.45) is 5.73 Å². The number of hydrogen-bond donors (Lipinski definition) is 2. The van der Waals surface area contributed by atoms with Crippen LogP contribution >= 0.6 is 24.0 Å². The molecule has 13 heteroatoms. The minimum absolute atomic E-state index is 0.0903. The number of esters is 4. The zero-order chi connectivity index (χ0) is 21.9. The molecule has 0 amide bonds. The van der Waals surface area contributed by atoms with E-state index in [1.807, 2.05) is 0 Å². The van der Waals surface area contributed by atoms with E-state index in [-0.39, 0.29) is 11.6 Å². The molecule has 11 nitrogen and oxygen atoms in total. The van der Waals surface area contributed by atoms with Crippen molar-refractivity contribution in [3.05, 3.63) is 0 Å². The second-order valence-electron chi connectivity index (χ2n) is 6.32. The highest BCUT2D eigenvalue weighted by atomic mass is 32.2. The molecule has 29 heavy (non-hydrogen) atoms. The van der Waals surface area contributed by atoms with Crippen molar-refractivity contribution in [2.45, 2.75) is 62.5 Å². The zero-order valence-electron chi connectivity index (χ0n) is 16.2. The van der Waals surface area contributed by atoms with Gasteiger partial charge in [-0.1, -0.05) is 24.0 Å². The molecule has 6 atom stereocenters. The Morgan fingerprint density at radius 2 is 1.59 bits per heavy atom. The van der Waals surface area contributed by atoms with Crippen molar-refractivity contribution in [3.8, 4) is 0 Å². The molecular formula is C16H22N2O9S2. The third-order valence-electron chi connectivity index (χ3n) is 3.93. The third-order valence-corrected chi connectivity index (χ3v) is 5.73. The summed E-state index contributed by atoms with van der Waals surface area (Å²) in [7, 11) is 0. The number of nitrogens with one attached hydrogen (secondary N) is 1. The molecule has 1 spiro atoms. The van der Waals surface area contributed by atoms with Gasteiger partial charge in [0.15, 0.2) is 18.3 Å². The number of nitrogens with two attached hydrogens (primary N) is 1. The molecule has 0 aliphatic carbocycles. The Kier molecular flexibility index (Phi) is 7.43. The monoisotopic (exact) mass is 450 g/mol. The quantitative estimate of drug-likeness (QED) is 0.310. The first kappa shape index (κ1) is 23.3. The van der Waals surface area contributed by atoms with Crippen molar-refractivity contribution in [1.82, 2.24) is 5.32 Å². The molecule has 0 radical (unpaired) electrons. The fourth-order valence-electron chi connectivity index (χ4n) is 3.04. The lowest BCUT2D eigenvalue weighted by Crippen LogP contribution is -2.68. The number of ether oxygens (including phenoxy) is 5. The van der Waals surface area contributed by atoms with Crippen LogP contribution < -0.4 is 11.1 Å². The van der Waals surface area contributed by atoms with Gasteiger partial charge in [-0.3, -0.25) is 19.2 Å². The predicted octanol–water partition coefficient (Wildman–Crippen LogP) is -0.654.